The molecule has 0 unspecified atom stereocenters. The highest BCUT2D eigenvalue weighted by Crippen LogP contribution is 2.49. The van der Waals surface area contributed by atoms with E-state index in [4.69, 9.17) is 18.9 Å². The summed E-state index contributed by atoms with van der Waals surface area (Å²) in [5.41, 5.74) is 18.4. The van der Waals surface area contributed by atoms with E-state index >= 15 is 0 Å². The van der Waals surface area contributed by atoms with Gasteiger partial charge in [0.25, 0.3) is 0 Å². The van der Waals surface area contributed by atoms with Crippen LogP contribution in [0.4, 0.5) is 0 Å². The van der Waals surface area contributed by atoms with E-state index in [-0.39, 0.29) is 43.3 Å². The molecule has 0 saturated carbocycles. The number of benzene rings is 4. The van der Waals surface area contributed by atoms with Gasteiger partial charge in [-0.25, -0.2) is 18.3 Å². The Morgan fingerprint density at radius 2 is 0.371 bits per heavy atom. The quantitative estimate of drug-likeness (QED) is 0.0282. The van der Waals surface area contributed by atoms with Crippen molar-refractivity contribution < 1.29 is 37.2 Å². The summed E-state index contributed by atoms with van der Waals surface area (Å²) in [7, 11) is 0. The minimum absolute atomic E-state index is 0.0323. The number of pyridine rings is 4. The smallest absolute Gasteiger partial charge is 0.169 e. The van der Waals surface area contributed by atoms with Gasteiger partial charge in [0, 0.05) is 122 Å². The van der Waals surface area contributed by atoms with Crippen molar-refractivity contribution in [3.05, 3.63) is 236 Å². The van der Waals surface area contributed by atoms with E-state index in [1.807, 2.05) is 0 Å². The lowest BCUT2D eigenvalue weighted by molar-refractivity contribution is -0.697. The number of hydrogen-bond acceptors (Lipinski definition) is 4. The Bertz CT molecular complexity index is 3860. The van der Waals surface area contributed by atoms with E-state index in [1.54, 1.807) is 0 Å². The summed E-state index contributed by atoms with van der Waals surface area (Å²) >= 11 is 0. The maximum atomic E-state index is 7.90. The Morgan fingerprint density at radius 1 is 0.218 bits per heavy atom. The Kier molecular flexibility index (Phi) is 37.7. The number of fused-ring (bicyclic) bond motifs is 8. The third kappa shape index (κ3) is 32.8. The predicted octanol–water partition coefficient (Wildman–Crippen LogP) is 30.1. The number of aryl methyl sites for hydroxylation is 4. The molecule has 9 rings (SSSR count). The van der Waals surface area contributed by atoms with Gasteiger partial charge in [0.05, 0.1) is 0 Å². The Morgan fingerprint density at radius 3 is 0.524 bits per heavy atom. The zero-order valence-electron chi connectivity index (χ0n) is 83.6. The molecule has 4 aromatic heterocycles. The fraction of sp³-hybridized carbons (Fsp3) is 0.621. The summed E-state index contributed by atoms with van der Waals surface area (Å²) in [6.45, 7) is 63.9. The van der Waals surface area contributed by atoms with E-state index < -0.39 is 0 Å². The minimum Gasteiger partial charge on any atom is -0.488 e. The molecular weight excluding hydrogens is 1510 g/mol. The zero-order valence-corrected chi connectivity index (χ0v) is 83.6. The molecule has 0 spiro atoms. The van der Waals surface area contributed by atoms with E-state index in [0.717, 1.165) is 97.1 Å². The van der Waals surface area contributed by atoms with Crippen LogP contribution in [0, 0.1) is 21.7 Å². The average molecular weight is 1690 g/mol. The molecule has 4 aromatic carbocycles. The van der Waals surface area contributed by atoms with Crippen molar-refractivity contribution >= 4 is 0 Å². The standard InChI is InChI=1S/C116H176N4O4/c1-25-29-33-37-41-45-57-117-61-49-89(50-62-117)81-121-105-93-69-95-75-102(114(19,20)86-110(8,9)10)77-97(106(95)122-82-90-51-63-118(64-52-90)58-46-42-38-34-30-26-2)71-99-79-104(116(23,24)88-112(14,15)16)80-100(108(99)124-84-92-55-67-120(68-56-92)60-48-44-40-36-32-28-4)72-98-78-103(115(21,22)87-111(11,12)13)76-96(70-94(105)74-101(73-93)113(17,18)85-109(5,6)7)107(98)123-83-91-53-65-119(66-54-91)59-47-43-39-35-31-27-3/h49-56,61-68,73-80H,25-48,57-60,69-72,81-88H2,1-24H3/q+4. The topological polar surface area (TPSA) is 52.4 Å². The fourth-order valence-electron chi connectivity index (χ4n) is 20.8. The number of rotatable bonds is 48. The van der Waals surface area contributed by atoms with Crippen molar-refractivity contribution in [3.63, 3.8) is 0 Å². The number of hydrogen-bond donors (Lipinski definition) is 0. The monoisotopic (exact) mass is 1690 g/mol. The molecule has 8 bridgehead atoms. The van der Waals surface area contributed by atoms with Crippen LogP contribution in [0.5, 0.6) is 23.0 Å². The highest BCUT2D eigenvalue weighted by molar-refractivity contribution is 5.60. The highest BCUT2D eigenvalue weighted by Gasteiger charge is 2.37. The van der Waals surface area contributed by atoms with Crippen molar-refractivity contribution in [2.24, 2.45) is 21.7 Å². The van der Waals surface area contributed by atoms with Gasteiger partial charge in [0.1, 0.15) is 75.6 Å². The maximum absolute atomic E-state index is 7.90. The number of unbranched alkanes of at least 4 members (excludes halogenated alkanes) is 20. The fourth-order valence-corrected chi connectivity index (χ4v) is 20.8. The third-order valence-corrected chi connectivity index (χ3v) is 26.0. The van der Waals surface area contributed by atoms with Gasteiger partial charge < -0.3 is 18.9 Å². The van der Waals surface area contributed by atoms with Crippen LogP contribution in [0.3, 0.4) is 0 Å². The van der Waals surface area contributed by atoms with Crippen LogP contribution in [-0.4, -0.2) is 0 Å². The molecule has 8 heteroatoms. The van der Waals surface area contributed by atoms with Gasteiger partial charge in [-0.3, -0.25) is 0 Å². The molecule has 1 aliphatic carbocycles. The van der Waals surface area contributed by atoms with Gasteiger partial charge in [-0.2, -0.15) is 0 Å². The lowest BCUT2D eigenvalue weighted by Gasteiger charge is -2.36. The molecule has 8 nitrogen and oxygen atoms in total. The van der Waals surface area contributed by atoms with Crippen LogP contribution in [0.1, 0.15) is 435 Å². The van der Waals surface area contributed by atoms with E-state index in [0.29, 0.717) is 52.1 Å². The Labute approximate surface area is 758 Å². The maximum Gasteiger partial charge on any atom is 0.169 e. The second-order valence-electron chi connectivity index (χ2n) is 45.7. The van der Waals surface area contributed by atoms with E-state index in [9.17, 15) is 0 Å². The molecule has 680 valence electrons. The summed E-state index contributed by atoms with van der Waals surface area (Å²) < 4.78 is 41.1. The molecule has 0 atom stereocenters. The van der Waals surface area contributed by atoms with Crippen molar-refractivity contribution in [1.82, 2.24) is 0 Å². The first-order valence-corrected chi connectivity index (χ1v) is 49.8. The van der Waals surface area contributed by atoms with Crippen molar-refractivity contribution in [2.45, 2.75) is 446 Å². The largest absolute Gasteiger partial charge is 0.488 e. The van der Waals surface area contributed by atoms with E-state index in [1.165, 1.54) is 221 Å². The molecule has 0 radical (unpaired) electrons. The summed E-state index contributed by atoms with van der Waals surface area (Å²) in [5, 5.41) is 0. The normalized spacial score (nSPS) is 13.2. The molecule has 124 heavy (non-hydrogen) atoms. The first kappa shape index (κ1) is 100. The van der Waals surface area contributed by atoms with Gasteiger partial charge in [0.2, 0.25) is 0 Å². The summed E-state index contributed by atoms with van der Waals surface area (Å²) in [4.78, 5) is 0. The van der Waals surface area contributed by atoms with Gasteiger partial charge in [-0.15, -0.1) is 0 Å². The lowest BCUT2D eigenvalue weighted by Crippen LogP contribution is -2.32. The van der Waals surface area contributed by atoms with Crippen LogP contribution in [0.2, 0.25) is 0 Å². The molecule has 0 fully saturated rings. The van der Waals surface area contributed by atoms with Gasteiger partial charge in [-0.1, -0.05) is 317 Å². The number of nitrogens with zero attached hydrogens (tertiary/aromatic N) is 4. The highest BCUT2D eigenvalue weighted by atomic mass is 16.5. The zero-order chi connectivity index (χ0) is 89.9. The van der Waals surface area contributed by atoms with Gasteiger partial charge in [0.15, 0.2) is 49.6 Å². The van der Waals surface area contributed by atoms with Crippen LogP contribution >= 0.6 is 0 Å². The molecule has 0 N–H and O–H groups in total. The molecule has 0 amide bonds. The first-order valence-electron chi connectivity index (χ1n) is 49.8. The SMILES string of the molecule is CCCCCCCC[n+]1ccc(COc2c3cc(C(C)(C)CC(C)(C)C)cc2Cc2cc(C(C)(C)CC(C)(C)C)cc(c2OCc2cc[n+](CCCCCCCC)cc2)Cc2cc(C(C)(C)CC(C)(C)C)cc(c2OCc2cc[n+](CCCCCCCC)cc2)Cc2cc(C(C)(C)CC(C)(C)C)cc(c2OCc2cc[n+](CCCCCCCC)cc2)C3)cc1. The second kappa shape index (κ2) is 46.6. The summed E-state index contributed by atoms with van der Waals surface area (Å²) in [5.74, 6) is 3.78. The van der Waals surface area contributed by atoms with Crippen molar-refractivity contribution in [1.29, 1.82) is 0 Å². The summed E-state index contributed by atoms with van der Waals surface area (Å²) in [6, 6.07) is 39.0. The average Bonchev–Trinajstić information content (AvgIpc) is 0.752. The number of ether oxygens (including phenoxy) is 4. The van der Waals surface area contributed by atoms with Gasteiger partial charge in [-0.05, 0) is 161 Å². The lowest BCUT2D eigenvalue weighted by atomic mass is 9.70. The predicted molar refractivity (Wildman–Crippen MR) is 523 cm³/mol. The molecule has 8 aromatic rings. The molecular formula is C116H176N4O4+4. The minimum atomic E-state index is -0.239. The molecule has 0 saturated heterocycles. The van der Waals surface area contributed by atoms with Crippen LogP contribution in [-0.2, 0) is 99.9 Å². The Balaban J connectivity index is 1.38. The van der Waals surface area contributed by atoms with Gasteiger partial charge >= 0.3 is 0 Å². The first-order chi connectivity index (χ1) is 58.7. The third-order valence-electron chi connectivity index (χ3n) is 26.0. The van der Waals surface area contributed by atoms with Crippen molar-refractivity contribution in [3.8, 4) is 23.0 Å². The molecule has 4 heterocycles. The Hall–Kier alpha value is -7.32. The number of aromatic nitrogens is 4. The van der Waals surface area contributed by atoms with Crippen molar-refractivity contribution in [2.75, 3.05) is 0 Å². The van der Waals surface area contributed by atoms with Crippen LogP contribution in [0.25, 0.3) is 0 Å². The van der Waals surface area contributed by atoms with E-state index in [2.05, 4.69) is 331 Å². The molecule has 1 aliphatic rings. The summed E-state index contributed by atoms with van der Waals surface area (Å²) in [6.07, 6.45) is 55.1. The second-order valence-corrected chi connectivity index (χ2v) is 45.7. The van der Waals surface area contributed by atoms with Crippen LogP contribution in [0.15, 0.2) is 147 Å². The van der Waals surface area contributed by atoms with Crippen LogP contribution < -0.4 is 37.2 Å². The molecule has 0 aliphatic heterocycles.